The van der Waals surface area contributed by atoms with E-state index < -0.39 is 26.6 Å². The topological polar surface area (TPSA) is 59.0 Å². The highest BCUT2D eigenvalue weighted by atomic mass is 28.4. The summed E-state index contributed by atoms with van der Waals surface area (Å²) in [6, 6.07) is 40.1. The van der Waals surface area contributed by atoms with Crippen molar-refractivity contribution >= 4 is 24.6 Å². The van der Waals surface area contributed by atoms with Crippen LogP contribution >= 0.6 is 0 Å². The van der Waals surface area contributed by atoms with E-state index in [1.54, 1.807) is 4.90 Å². The van der Waals surface area contributed by atoms with Gasteiger partial charge in [0.25, 0.3) is 8.32 Å². The fourth-order valence-electron chi connectivity index (χ4n) is 6.21. The van der Waals surface area contributed by atoms with Gasteiger partial charge < -0.3 is 19.2 Å². The molecule has 1 aliphatic heterocycles. The molecule has 42 heavy (non-hydrogen) atoms. The fraction of sp³-hybridized carbons (Fsp3) is 0.306. The highest BCUT2D eigenvalue weighted by molar-refractivity contribution is 6.99. The minimum absolute atomic E-state index is 0.0218. The molecular weight excluding hydrogens is 538 g/mol. The van der Waals surface area contributed by atoms with Crippen LogP contribution in [0.25, 0.3) is 0 Å². The zero-order chi connectivity index (χ0) is 29.6. The van der Waals surface area contributed by atoms with Gasteiger partial charge in [-0.05, 0) is 26.5 Å². The molecule has 0 unspecified atom stereocenters. The molecule has 4 aromatic rings. The molecule has 1 saturated heterocycles. The summed E-state index contributed by atoms with van der Waals surface area (Å²) in [7, 11) is -2.87. The van der Waals surface area contributed by atoms with Crippen molar-refractivity contribution in [3.8, 4) is 0 Å². The molecule has 5 nitrogen and oxygen atoms in total. The Morgan fingerprint density at radius 2 is 1.26 bits per heavy atom. The number of benzene rings is 4. The van der Waals surface area contributed by atoms with Crippen LogP contribution in [0, 0.1) is 0 Å². The van der Waals surface area contributed by atoms with Crippen LogP contribution in [-0.2, 0) is 27.1 Å². The van der Waals surface area contributed by atoms with E-state index in [9.17, 15) is 9.90 Å². The van der Waals surface area contributed by atoms with Crippen molar-refractivity contribution < 1.29 is 19.1 Å². The molecule has 1 amide bonds. The molecule has 1 aliphatic rings. The van der Waals surface area contributed by atoms with E-state index in [2.05, 4.69) is 69.3 Å². The molecule has 1 heterocycles. The lowest BCUT2D eigenvalue weighted by Gasteiger charge is -2.44. The molecule has 4 aromatic carbocycles. The Bertz CT molecular complexity index is 1370. The summed E-state index contributed by atoms with van der Waals surface area (Å²) in [5.41, 5.74) is 2.04. The maximum Gasteiger partial charge on any atom is 0.261 e. The Balaban J connectivity index is 1.46. The van der Waals surface area contributed by atoms with Crippen molar-refractivity contribution in [3.05, 3.63) is 132 Å². The maximum atomic E-state index is 13.4. The zero-order valence-electron chi connectivity index (χ0n) is 24.7. The largest absolute Gasteiger partial charge is 0.405 e. The van der Waals surface area contributed by atoms with E-state index in [4.69, 9.17) is 9.16 Å². The summed E-state index contributed by atoms with van der Waals surface area (Å²) < 4.78 is 13.4. The number of hydrogen-bond donors (Lipinski definition) is 1. The lowest BCUT2D eigenvalue weighted by atomic mass is 10.1. The van der Waals surface area contributed by atoms with Crippen molar-refractivity contribution in [2.45, 2.75) is 63.6 Å². The quantitative estimate of drug-likeness (QED) is 0.245. The first-order valence-corrected chi connectivity index (χ1v) is 16.6. The van der Waals surface area contributed by atoms with Crippen LogP contribution < -0.4 is 10.4 Å². The van der Waals surface area contributed by atoms with Gasteiger partial charge in [0.2, 0.25) is 5.91 Å². The summed E-state index contributed by atoms with van der Waals surface area (Å²) in [6.45, 7) is 7.53. The molecule has 0 bridgehead atoms. The number of nitrogens with zero attached hydrogens (tertiary/aromatic N) is 1. The minimum atomic E-state index is -2.87. The van der Waals surface area contributed by atoms with Crippen LogP contribution in [0.4, 0.5) is 0 Å². The Hall–Kier alpha value is -3.55. The van der Waals surface area contributed by atoms with Crippen LogP contribution in [0.5, 0.6) is 0 Å². The van der Waals surface area contributed by atoms with Gasteiger partial charge >= 0.3 is 0 Å². The molecule has 0 spiro atoms. The second-order valence-electron chi connectivity index (χ2n) is 12.1. The number of ether oxygens (including phenoxy) is 1. The van der Waals surface area contributed by atoms with Gasteiger partial charge in [0.1, 0.15) is 0 Å². The van der Waals surface area contributed by atoms with Gasteiger partial charge in [0, 0.05) is 6.54 Å². The Morgan fingerprint density at radius 3 is 1.76 bits per heavy atom. The third-order valence-corrected chi connectivity index (χ3v) is 13.2. The predicted octanol–water partition coefficient (Wildman–Crippen LogP) is 5.31. The second kappa shape index (κ2) is 13.2. The molecule has 218 valence electrons. The zero-order valence-corrected chi connectivity index (χ0v) is 25.7. The van der Waals surface area contributed by atoms with Crippen molar-refractivity contribution in [2.75, 3.05) is 6.61 Å². The van der Waals surface area contributed by atoms with Gasteiger partial charge in [-0.2, -0.15) is 0 Å². The van der Waals surface area contributed by atoms with Crippen molar-refractivity contribution in [1.82, 2.24) is 4.90 Å². The van der Waals surface area contributed by atoms with E-state index in [1.807, 2.05) is 72.8 Å². The summed E-state index contributed by atoms with van der Waals surface area (Å²) >= 11 is 0. The molecule has 5 rings (SSSR count). The number of rotatable bonds is 11. The molecule has 1 N–H and O–H groups in total. The molecule has 1 fully saturated rings. The van der Waals surface area contributed by atoms with Crippen LogP contribution in [-0.4, -0.2) is 49.1 Å². The number of hydrogen-bond acceptors (Lipinski definition) is 4. The summed E-state index contributed by atoms with van der Waals surface area (Å²) in [6.07, 6.45) is -1.18. The van der Waals surface area contributed by atoms with Gasteiger partial charge in [0.15, 0.2) is 0 Å². The van der Waals surface area contributed by atoms with E-state index in [1.165, 1.54) is 0 Å². The van der Waals surface area contributed by atoms with Crippen molar-refractivity contribution in [2.24, 2.45) is 0 Å². The highest BCUT2D eigenvalue weighted by Gasteiger charge is 2.52. The number of carbonyl (C=O) groups excluding carboxylic acids is 1. The highest BCUT2D eigenvalue weighted by Crippen LogP contribution is 2.37. The summed E-state index contributed by atoms with van der Waals surface area (Å²) in [4.78, 5) is 15.2. The average Bonchev–Trinajstić information content (AvgIpc) is 3.32. The fourth-order valence-corrected chi connectivity index (χ4v) is 10.8. The van der Waals surface area contributed by atoms with Gasteiger partial charge in [-0.3, -0.25) is 4.79 Å². The Labute approximate surface area is 250 Å². The molecule has 6 heteroatoms. The second-order valence-corrected chi connectivity index (χ2v) is 16.4. The molecular formula is C36H41NO4Si. The number of likely N-dealkylation sites (tertiary alicyclic amines) is 1. The van der Waals surface area contributed by atoms with Crippen LogP contribution in [0.15, 0.2) is 121 Å². The van der Waals surface area contributed by atoms with Crippen LogP contribution in [0.3, 0.4) is 0 Å². The van der Waals surface area contributed by atoms with Crippen LogP contribution in [0.2, 0.25) is 5.04 Å². The number of aliphatic hydroxyl groups is 1. The molecule has 0 saturated carbocycles. The lowest BCUT2D eigenvalue weighted by molar-refractivity contribution is -0.131. The van der Waals surface area contributed by atoms with E-state index >= 15 is 0 Å². The predicted molar refractivity (Wildman–Crippen MR) is 170 cm³/mol. The molecule has 0 aliphatic carbocycles. The monoisotopic (exact) mass is 579 g/mol. The first kappa shape index (κ1) is 29.9. The lowest BCUT2D eigenvalue weighted by Crippen LogP contribution is -2.67. The minimum Gasteiger partial charge on any atom is -0.405 e. The van der Waals surface area contributed by atoms with E-state index in [0.29, 0.717) is 13.2 Å². The number of carbonyl (C=O) groups is 1. The van der Waals surface area contributed by atoms with Gasteiger partial charge in [-0.25, -0.2) is 0 Å². The third-order valence-electron chi connectivity index (χ3n) is 8.22. The van der Waals surface area contributed by atoms with Crippen LogP contribution in [0.1, 0.15) is 38.3 Å². The normalized spacial score (nSPS) is 18.3. The Kier molecular flexibility index (Phi) is 9.39. The summed E-state index contributed by atoms with van der Waals surface area (Å²) in [5.74, 6) is -0.0218. The third kappa shape index (κ3) is 6.42. The molecule has 0 radical (unpaired) electrons. The first-order valence-electron chi connectivity index (χ1n) is 14.7. The van der Waals surface area contributed by atoms with E-state index in [-0.39, 0.29) is 24.0 Å². The molecule has 3 atom stereocenters. The van der Waals surface area contributed by atoms with E-state index in [0.717, 1.165) is 21.5 Å². The Morgan fingerprint density at radius 1 is 0.786 bits per heavy atom. The average molecular weight is 580 g/mol. The van der Waals surface area contributed by atoms with Gasteiger partial charge in [0.05, 0.1) is 37.9 Å². The molecule has 0 aromatic heterocycles. The maximum absolute atomic E-state index is 13.4. The summed E-state index contributed by atoms with van der Waals surface area (Å²) in [5, 5.41) is 14.0. The first-order chi connectivity index (χ1) is 20.3. The van der Waals surface area contributed by atoms with Crippen molar-refractivity contribution in [3.63, 3.8) is 0 Å². The van der Waals surface area contributed by atoms with Gasteiger partial charge in [-0.15, -0.1) is 0 Å². The smallest absolute Gasteiger partial charge is 0.261 e. The van der Waals surface area contributed by atoms with Gasteiger partial charge in [-0.1, -0.05) is 142 Å². The number of aliphatic hydroxyl groups excluding tert-OH is 1. The SMILES string of the molecule is CC(C)(C)[Si](OC[C@@H](O)[C@@H]1[C@@H](OCc2ccccc2)CC(=O)N1Cc1ccccc1)(c1ccccc1)c1ccccc1. The standard InChI is InChI=1S/C36H41NO4Si/c1-36(2,3)42(30-20-12-6-13-21-30,31-22-14-7-15-23-31)41-27-32(38)35-33(40-26-29-18-10-5-11-19-29)24-34(39)37(35)25-28-16-8-4-9-17-28/h4-23,32-33,35,38H,24-27H2,1-3H3/t32-,33+,35-/m1/s1. The number of amides is 1. The van der Waals surface area contributed by atoms with Crippen molar-refractivity contribution in [1.29, 1.82) is 0 Å².